The first kappa shape index (κ1) is 13.0. The van der Waals surface area contributed by atoms with Gasteiger partial charge < -0.3 is 5.32 Å². The third-order valence-corrected chi connectivity index (χ3v) is 2.49. The second-order valence-electron chi connectivity index (χ2n) is 4.49. The molecule has 0 fully saturated rings. The molecule has 1 heteroatoms. The Hall–Kier alpha value is -1.08. The van der Waals surface area contributed by atoms with Crippen molar-refractivity contribution in [1.29, 1.82) is 0 Å². The van der Waals surface area contributed by atoms with E-state index in [1.165, 1.54) is 17.6 Å². The molecule has 0 saturated carbocycles. The van der Waals surface area contributed by atoms with E-state index < -0.39 is 0 Å². The summed E-state index contributed by atoms with van der Waals surface area (Å²) in [5, 5.41) is 3.57. The molecule has 1 aromatic carbocycles. The van der Waals surface area contributed by atoms with Gasteiger partial charge in [0, 0.05) is 6.04 Å². The van der Waals surface area contributed by atoms with E-state index in [4.69, 9.17) is 0 Å². The molecule has 1 unspecified atom stereocenters. The molecule has 16 heavy (non-hydrogen) atoms. The minimum Gasteiger partial charge on any atom is -0.310 e. The van der Waals surface area contributed by atoms with Crippen molar-refractivity contribution in [2.24, 2.45) is 0 Å². The maximum absolute atomic E-state index is 3.57. The molecular formula is C15H23N. The molecule has 0 aliphatic heterocycles. The zero-order valence-corrected chi connectivity index (χ0v) is 10.7. The summed E-state index contributed by atoms with van der Waals surface area (Å²) >= 11 is 0. The van der Waals surface area contributed by atoms with Gasteiger partial charge in [-0.1, -0.05) is 48.9 Å². The van der Waals surface area contributed by atoms with Crippen molar-refractivity contribution in [3.8, 4) is 0 Å². The highest BCUT2D eigenvalue weighted by atomic mass is 14.9. The molecule has 1 rings (SSSR count). The van der Waals surface area contributed by atoms with Gasteiger partial charge in [0.1, 0.15) is 0 Å². The van der Waals surface area contributed by atoms with Crippen molar-refractivity contribution in [2.75, 3.05) is 6.54 Å². The first-order valence-electron chi connectivity index (χ1n) is 6.14. The van der Waals surface area contributed by atoms with E-state index in [1.54, 1.807) is 0 Å². The molecule has 0 bridgehead atoms. The summed E-state index contributed by atoms with van der Waals surface area (Å²) in [7, 11) is 0. The minimum atomic E-state index is 0.465. The van der Waals surface area contributed by atoms with E-state index in [-0.39, 0.29) is 0 Å². The molecule has 0 amide bonds. The Balaban J connectivity index is 2.59. The first-order valence-corrected chi connectivity index (χ1v) is 6.14. The minimum absolute atomic E-state index is 0.465. The summed E-state index contributed by atoms with van der Waals surface area (Å²) in [6.45, 7) is 7.60. The molecule has 88 valence electrons. The highest BCUT2D eigenvalue weighted by Crippen LogP contribution is 2.06. The smallest absolute Gasteiger partial charge is 0.0292 e. The number of allylic oxidation sites excluding steroid dienone is 1. The molecule has 1 atom stereocenters. The van der Waals surface area contributed by atoms with Crippen LogP contribution in [0.1, 0.15) is 32.8 Å². The van der Waals surface area contributed by atoms with Gasteiger partial charge >= 0.3 is 0 Å². The van der Waals surface area contributed by atoms with E-state index in [9.17, 15) is 0 Å². The fourth-order valence-electron chi connectivity index (χ4n) is 1.79. The number of hydrogen-bond acceptors (Lipinski definition) is 1. The van der Waals surface area contributed by atoms with Gasteiger partial charge in [-0.25, -0.2) is 0 Å². The third-order valence-electron chi connectivity index (χ3n) is 2.49. The van der Waals surface area contributed by atoms with Crippen LogP contribution in [0.2, 0.25) is 0 Å². The Bertz CT molecular complexity index is 309. The lowest BCUT2D eigenvalue weighted by atomic mass is 10.0. The van der Waals surface area contributed by atoms with Crippen LogP contribution >= 0.6 is 0 Å². The molecule has 0 aromatic heterocycles. The van der Waals surface area contributed by atoms with Crippen molar-refractivity contribution in [1.82, 2.24) is 5.32 Å². The highest BCUT2D eigenvalue weighted by Gasteiger charge is 2.04. The van der Waals surface area contributed by atoms with Crippen LogP contribution in [-0.2, 0) is 6.42 Å². The van der Waals surface area contributed by atoms with Gasteiger partial charge in [-0.05, 0) is 38.8 Å². The van der Waals surface area contributed by atoms with Crippen molar-refractivity contribution in [3.63, 3.8) is 0 Å². The predicted octanol–water partition coefficient (Wildman–Crippen LogP) is 3.56. The average Bonchev–Trinajstić information content (AvgIpc) is 2.26. The van der Waals surface area contributed by atoms with Crippen LogP contribution in [0.4, 0.5) is 0 Å². The van der Waals surface area contributed by atoms with E-state index >= 15 is 0 Å². The van der Waals surface area contributed by atoms with Gasteiger partial charge in [0.05, 0.1) is 0 Å². The molecule has 1 aromatic rings. The fourth-order valence-corrected chi connectivity index (χ4v) is 1.79. The number of rotatable bonds is 6. The van der Waals surface area contributed by atoms with Crippen LogP contribution in [-0.4, -0.2) is 12.6 Å². The maximum atomic E-state index is 3.57. The molecule has 0 spiro atoms. The van der Waals surface area contributed by atoms with E-state index in [2.05, 4.69) is 62.5 Å². The zero-order valence-electron chi connectivity index (χ0n) is 10.7. The van der Waals surface area contributed by atoms with Gasteiger partial charge in [0.25, 0.3) is 0 Å². The molecule has 1 nitrogen and oxygen atoms in total. The van der Waals surface area contributed by atoms with Crippen molar-refractivity contribution < 1.29 is 0 Å². The molecule has 0 heterocycles. The Morgan fingerprint density at radius 2 is 1.94 bits per heavy atom. The quantitative estimate of drug-likeness (QED) is 0.718. The summed E-state index contributed by atoms with van der Waals surface area (Å²) in [6, 6.07) is 11.1. The number of hydrogen-bond donors (Lipinski definition) is 1. The Morgan fingerprint density at radius 1 is 1.25 bits per heavy atom. The van der Waals surface area contributed by atoms with Gasteiger partial charge in [0.2, 0.25) is 0 Å². The van der Waals surface area contributed by atoms with Crippen LogP contribution in [0.15, 0.2) is 42.0 Å². The SMILES string of the molecule is CCCNC(C=C(C)C)Cc1ccccc1. The largest absolute Gasteiger partial charge is 0.310 e. The monoisotopic (exact) mass is 217 g/mol. The van der Waals surface area contributed by atoms with Gasteiger partial charge in [-0.3, -0.25) is 0 Å². The van der Waals surface area contributed by atoms with Crippen molar-refractivity contribution in [3.05, 3.63) is 47.5 Å². The molecule has 0 radical (unpaired) electrons. The van der Waals surface area contributed by atoms with Crippen LogP contribution < -0.4 is 5.32 Å². The lowest BCUT2D eigenvalue weighted by Gasteiger charge is -2.15. The van der Waals surface area contributed by atoms with E-state index in [0.29, 0.717) is 6.04 Å². The van der Waals surface area contributed by atoms with Gasteiger partial charge in [0.15, 0.2) is 0 Å². The Morgan fingerprint density at radius 3 is 2.50 bits per heavy atom. The topological polar surface area (TPSA) is 12.0 Å². The molecule has 0 saturated heterocycles. The number of benzene rings is 1. The molecule has 0 aliphatic rings. The average molecular weight is 217 g/mol. The third kappa shape index (κ3) is 5.13. The summed E-state index contributed by atoms with van der Waals surface area (Å²) < 4.78 is 0. The standard InChI is InChI=1S/C15H23N/c1-4-10-16-15(11-13(2)3)12-14-8-6-5-7-9-14/h5-9,11,15-16H,4,10,12H2,1-3H3. The van der Waals surface area contributed by atoms with Crippen molar-refractivity contribution >= 4 is 0 Å². The second kappa shape index (κ2) is 7.24. The van der Waals surface area contributed by atoms with Crippen LogP contribution in [0.25, 0.3) is 0 Å². The fraction of sp³-hybridized carbons (Fsp3) is 0.467. The molecule has 1 N–H and O–H groups in total. The number of nitrogens with one attached hydrogen (secondary N) is 1. The zero-order chi connectivity index (χ0) is 11.8. The lowest BCUT2D eigenvalue weighted by Crippen LogP contribution is -2.30. The van der Waals surface area contributed by atoms with Crippen LogP contribution in [0, 0.1) is 0 Å². The van der Waals surface area contributed by atoms with Gasteiger partial charge in [-0.15, -0.1) is 0 Å². The normalized spacial score (nSPS) is 12.2. The van der Waals surface area contributed by atoms with Crippen molar-refractivity contribution in [2.45, 2.75) is 39.7 Å². The van der Waals surface area contributed by atoms with Crippen LogP contribution in [0.3, 0.4) is 0 Å². The molecule has 0 aliphatic carbocycles. The summed E-state index contributed by atoms with van der Waals surface area (Å²) in [4.78, 5) is 0. The van der Waals surface area contributed by atoms with Crippen LogP contribution in [0.5, 0.6) is 0 Å². The van der Waals surface area contributed by atoms with E-state index in [0.717, 1.165) is 13.0 Å². The summed E-state index contributed by atoms with van der Waals surface area (Å²) in [6.07, 6.45) is 4.58. The molecular weight excluding hydrogens is 194 g/mol. The summed E-state index contributed by atoms with van der Waals surface area (Å²) in [5.74, 6) is 0. The summed E-state index contributed by atoms with van der Waals surface area (Å²) in [5.41, 5.74) is 2.78. The predicted molar refractivity (Wildman–Crippen MR) is 71.7 cm³/mol. The van der Waals surface area contributed by atoms with E-state index in [1.807, 2.05) is 0 Å². The Kier molecular flexibility index (Phi) is 5.87. The first-order chi connectivity index (χ1) is 7.72. The maximum Gasteiger partial charge on any atom is 0.0292 e. The highest BCUT2D eigenvalue weighted by molar-refractivity contribution is 5.18. The van der Waals surface area contributed by atoms with Gasteiger partial charge in [-0.2, -0.15) is 0 Å². The Labute approximate surface area is 99.6 Å². The second-order valence-corrected chi connectivity index (χ2v) is 4.49. The lowest BCUT2D eigenvalue weighted by molar-refractivity contribution is 0.582.